The van der Waals surface area contributed by atoms with E-state index < -0.39 is 0 Å². The molecule has 6 nitrogen and oxygen atoms in total. The van der Waals surface area contributed by atoms with Crippen molar-refractivity contribution in [1.29, 1.82) is 0 Å². The molecule has 0 aliphatic rings. The molecule has 2 heterocycles. The highest BCUT2D eigenvalue weighted by Gasteiger charge is 2.12. The Bertz CT molecular complexity index is 622. The van der Waals surface area contributed by atoms with Gasteiger partial charge in [-0.2, -0.15) is 0 Å². The van der Waals surface area contributed by atoms with E-state index in [1.165, 1.54) is 17.6 Å². The number of amides is 2. The van der Waals surface area contributed by atoms with Gasteiger partial charge in [0.25, 0.3) is 5.91 Å². The maximum atomic E-state index is 11.8. The van der Waals surface area contributed by atoms with Gasteiger partial charge in [-0.1, -0.05) is 6.92 Å². The summed E-state index contributed by atoms with van der Waals surface area (Å²) in [6.45, 7) is 4.00. The molecule has 118 valence electrons. The van der Waals surface area contributed by atoms with Crippen LogP contribution in [-0.4, -0.2) is 22.8 Å². The molecule has 2 rings (SSSR count). The molecule has 0 radical (unpaired) electrons. The first-order valence-electron chi connectivity index (χ1n) is 7.17. The van der Waals surface area contributed by atoms with Crippen LogP contribution in [0.15, 0.2) is 28.2 Å². The van der Waals surface area contributed by atoms with E-state index in [9.17, 15) is 9.59 Å². The Morgan fingerprint density at radius 2 is 2.27 bits per heavy atom. The lowest BCUT2D eigenvalue weighted by Gasteiger charge is -2.10. The van der Waals surface area contributed by atoms with Gasteiger partial charge in [-0.25, -0.2) is 4.98 Å². The van der Waals surface area contributed by atoms with Crippen molar-refractivity contribution in [3.8, 4) is 0 Å². The molecule has 0 bridgehead atoms. The number of carbonyl (C=O) groups is 2. The highest BCUT2D eigenvalue weighted by atomic mass is 32.1. The first kappa shape index (κ1) is 16.2. The van der Waals surface area contributed by atoms with Gasteiger partial charge in [-0.15, -0.1) is 11.3 Å². The molecule has 0 saturated heterocycles. The second-order valence-electron chi connectivity index (χ2n) is 4.95. The monoisotopic (exact) mass is 321 g/mol. The Labute approximate surface area is 132 Å². The van der Waals surface area contributed by atoms with E-state index in [0.717, 1.165) is 12.1 Å². The minimum Gasteiger partial charge on any atom is -0.459 e. The van der Waals surface area contributed by atoms with Gasteiger partial charge in [0.1, 0.15) is 0 Å². The Hall–Kier alpha value is -2.15. The van der Waals surface area contributed by atoms with Gasteiger partial charge in [0.15, 0.2) is 10.9 Å². The lowest BCUT2D eigenvalue weighted by Crippen LogP contribution is -2.32. The zero-order chi connectivity index (χ0) is 15.9. The summed E-state index contributed by atoms with van der Waals surface area (Å²) in [5.74, 6) is -0.0754. The van der Waals surface area contributed by atoms with Gasteiger partial charge >= 0.3 is 0 Å². The molecule has 0 aliphatic carbocycles. The van der Waals surface area contributed by atoms with Crippen molar-refractivity contribution in [1.82, 2.24) is 10.3 Å². The maximum Gasteiger partial charge on any atom is 0.293 e. The molecule has 2 N–H and O–H groups in total. The molecule has 1 atom stereocenters. The van der Waals surface area contributed by atoms with Gasteiger partial charge < -0.3 is 9.73 Å². The summed E-state index contributed by atoms with van der Waals surface area (Å²) in [5.41, 5.74) is 0.791. The van der Waals surface area contributed by atoms with E-state index in [1.807, 2.05) is 19.2 Å². The largest absolute Gasteiger partial charge is 0.459 e. The number of furan rings is 1. The van der Waals surface area contributed by atoms with E-state index in [0.29, 0.717) is 18.0 Å². The first-order valence-corrected chi connectivity index (χ1v) is 8.05. The fourth-order valence-electron chi connectivity index (χ4n) is 1.74. The molecule has 0 saturated carbocycles. The van der Waals surface area contributed by atoms with Crippen LogP contribution in [0.3, 0.4) is 0 Å². The molecule has 2 aromatic heterocycles. The number of rotatable bonds is 7. The molecule has 0 spiro atoms. The third kappa shape index (κ3) is 4.70. The lowest BCUT2D eigenvalue weighted by molar-refractivity contribution is -0.121. The van der Waals surface area contributed by atoms with Crippen LogP contribution in [0.5, 0.6) is 0 Å². The summed E-state index contributed by atoms with van der Waals surface area (Å²) in [7, 11) is 0. The van der Waals surface area contributed by atoms with Gasteiger partial charge in [-0.3, -0.25) is 14.9 Å². The van der Waals surface area contributed by atoms with Gasteiger partial charge in [-0.05, 0) is 31.9 Å². The molecule has 0 fully saturated rings. The van der Waals surface area contributed by atoms with E-state index in [4.69, 9.17) is 4.42 Å². The quantitative estimate of drug-likeness (QED) is 0.821. The molecule has 1 unspecified atom stereocenters. The number of hydrogen-bond acceptors (Lipinski definition) is 5. The Balaban J connectivity index is 1.81. The van der Waals surface area contributed by atoms with Crippen LogP contribution in [0.4, 0.5) is 5.13 Å². The van der Waals surface area contributed by atoms with E-state index in [1.54, 1.807) is 12.1 Å². The van der Waals surface area contributed by atoms with Crippen molar-refractivity contribution in [3.63, 3.8) is 0 Å². The minimum absolute atomic E-state index is 0.0171. The SMILES string of the molecule is CCC(C)NC(=O)CCc1csc(NC(=O)c2ccco2)n1. The predicted octanol–water partition coefficient (Wildman–Crippen LogP) is 2.84. The standard InChI is InChI=1S/C15H19N3O3S/c1-3-10(2)16-13(19)7-6-11-9-22-15(17-11)18-14(20)12-5-4-8-21-12/h4-5,8-10H,3,6-7H2,1-2H3,(H,16,19)(H,17,18,20). The van der Waals surface area contributed by atoms with Gasteiger partial charge in [0.05, 0.1) is 12.0 Å². The topological polar surface area (TPSA) is 84.2 Å². The number of carbonyl (C=O) groups excluding carboxylic acids is 2. The second-order valence-corrected chi connectivity index (χ2v) is 5.81. The highest BCUT2D eigenvalue weighted by Crippen LogP contribution is 2.17. The third-order valence-corrected chi connectivity index (χ3v) is 3.95. The fraction of sp³-hybridized carbons (Fsp3) is 0.400. The smallest absolute Gasteiger partial charge is 0.293 e. The number of aryl methyl sites for hydroxylation is 1. The summed E-state index contributed by atoms with van der Waals surface area (Å²) < 4.78 is 5.01. The van der Waals surface area contributed by atoms with Crippen LogP contribution in [0.25, 0.3) is 0 Å². The number of thiazole rings is 1. The predicted molar refractivity (Wildman–Crippen MR) is 85.0 cm³/mol. The number of nitrogens with one attached hydrogen (secondary N) is 2. The van der Waals surface area contributed by atoms with Crippen molar-refractivity contribution >= 4 is 28.3 Å². The van der Waals surface area contributed by atoms with Crippen molar-refractivity contribution in [3.05, 3.63) is 35.2 Å². The highest BCUT2D eigenvalue weighted by molar-refractivity contribution is 7.13. The Morgan fingerprint density at radius 3 is 2.95 bits per heavy atom. The Kier molecular flexibility index (Phi) is 5.71. The average molecular weight is 321 g/mol. The van der Waals surface area contributed by atoms with Crippen LogP contribution in [0, 0.1) is 0 Å². The molecule has 0 aromatic carbocycles. The summed E-state index contributed by atoms with van der Waals surface area (Å²) in [5, 5.41) is 7.92. The van der Waals surface area contributed by atoms with Crippen molar-refractivity contribution < 1.29 is 14.0 Å². The summed E-state index contributed by atoms with van der Waals surface area (Å²) in [6.07, 6.45) is 3.29. The molecule has 2 aromatic rings. The first-order chi connectivity index (χ1) is 10.6. The molecule has 2 amide bonds. The van der Waals surface area contributed by atoms with Crippen LogP contribution in [0.2, 0.25) is 0 Å². The average Bonchev–Trinajstić information content (AvgIpc) is 3.16. The van der Waals surface area contributed by atoms with Crippen LogP contribution in [-0.2, 0) is 11.2 Å². The van der Waals surface area contributed by atoms with Crippen molar-refractivity contribution in [2.45, 2.75) is 39.2 Å². The van der Waals surface area contributed by atoms with Crippen LogP contribution >= 0.6 is 11.3 Å². The third-order valence-electron chi connectivity index (χ3n) is 3.15. The molecular formula is C15H19N3O3S. The van der Waals surface area contributed by atoms with E-state index in [2.05, 4.69) is 15.6 Å². The summed E-state index contributed by atoms with van der Waals surface area (Å²) in [4.78, 5) is 27.8. The van der Waals surface area contributed by atoms with Crippen LogP contribution in [0.1, 0.15) is 42.9 Å². The second kappa shape index (κ2) is 7.74. The number of hydrogen-bond donors (Lipinski definition) is 2. The van der Waals surface area contributed by atoms with Crippen molar-refractivity contribution in [2.75, 3.05) is 5.32 Å². The normalized spacial score (nSPS) is 11.9. The van der Waals surface area contributed by atoms with Crippen LogP contribution < -0.4 is 10.6 Å². The number of anilines is 1. The molecule has 22 heavy (non-hydrogen) atoms. The molecule has 0 aliphatic heterocycles. The van der Waals surface area contributed by atoms with Crippen molar-refractivity contribution in [2.24, 2.45) is 0 Å². The zero-order valence-corrected chi connectivity index (χ0v) is 13.4. The van der Waals surface area contributed by atoms with E-state index >= 15 is 0 Å². The summed E-state index contributed by atoms with van der Waals surface area (Å²) >= 11 is 1.33. The van der Waals surface area contributed by atoms with Gasteiger partial charge in [0.2, 0.25) is 5.91 Å². The summed E-state index contributed by atoms with van der Waals surface area (Å²) in [6, 6.07) is 3.42. The Morgan fingerprint density at radius 1 is 1.45 bits per heavy atom. The number of aromatic nitrogens is 1. The minimum atomic E-state index is -0.333. The maximum absolute atomic E-state index is 11.8. The van der Waals surface area contributed by atoms with E-state index in [-0.39, 0.29) is 23.6 Å². The molecular weight excluding hydrogens is 302 g/mol. The molecule has 7 heteroatoms. The number of nitrogens with zero attached hydrogens (tertiary/aromatic N) is 1. The van der Waals surface area contributed by atoms with Gasteiger partial charge in [0, 0.05) is 17.8 Å². The zero-order valence-electron chi connectivity index (χ0n) is 12.6. The lowest BCUT2D eigenvalue weighted by atomic mass is 10.2. The fourth-order valence-corrected chi connectivity index (χ4v) is 2.48.